The Bertz CT molecular complexity index is 1230. The number of benzene rings is 1. The predicted octanol–water partition coefficient (Wildman–Crippen LogP) is 4.59. The van der Waals surface area contributed by atoms with Crippen LogP contribution in [-0.2, 0) is 7.05 Å². The number of hydrogen-bond donors (Lipinski definition) is 2. The van der Waals surface area contributed by atoms with E-state index in [2.05, 4.69) is 10.3 Å². The van der Waals surface area contributed by atoms with Crippen LogP contribution in [0.1, 0.15) is 16.2 Å². The van der Waals surface area contributed by atoms with Crippen molar-refractivity contribution in [1.82, 2.24) is 14.3 Å². The van der Waals surface area contributed by atoms with Crippen molar-refractivity contribution in [3.63, 3.8) is 0 Å². The van der Waals surface area contributed by atoms with E-state index in [0.29, 0.717) is 26.3 Å². The molecule has 3 aromatic heterocycles. The van der Waals surface area contributed by atoms with E-state index in [1.165, 1.54) is 16.0 Å². The third kappa shape index (κ3) is 2.88. The minimum Gasteiger partial charge on any atom is -0.349 e. The number of para-hydroxylation sites is 1. The summed E-state index contributed by atoms with van der Waals surface area (Å²) in [6.45, 7) is 1.78. The second-order valence-electron chi connectivity index (χ2n) is 6.00. The molecule has 2 N–H and O–H groups in total. The summed E-state index contributed by atoms with van der Waals surface area (Å²) in [5.74, 6) is -0.420. The number of H-pyrrole nitrogens is 1. The first-order chi connectivity index (χ1) is 12.9. The van der Waals surface area contributed by atoms with E-state index in [0.717, 1.165) is 10.4 Å². The van der Waals surface area contributed by atoms with Gasteiger partial charge in [0.2, 0.25) is 0 Å². The number of aromatic amines is 1. The summed E-state index contributed by atoms with van der Waals surface area (Å²) in [7, 11) is 1.77. The zero-order chi connectivity index (χ0) is 19.3. The van der Waals surface area contributed by atoms with Crippen molar-refractivity contribution < 1.29 is 4.79 Å². The molecular weight excluding hydrogens is 407 g/mol. The van der Waals surface area contributed by atoms with Crippen LogP contribution in [-0.4, -0.2) is 20.3 Å². The molecule has 0 bridgehead atoms. The lowest BCUT2D eigenvalue weighted by atomic mass is 10.3. The molecule has 1 amide bonds. The number of nitrogens with zero attached hydrogens (tertiary/aromatic N) is 2. The fraction of sp³-hybridized carbons (Fsp3) is 0.111. The molecule has 4 aromatic rings. The van der Waals surface area contributed by atoms with Gasteiger partial charge in [-0.1, -0.05) is 41.4 Å². The summed E-state index contributed by atoms with van der Waals surface area (Å²) in [6.07, 6.45) is 0. The largest absolute Gasteiger partial charge is 0.349 e. The Morgan fingerprint density at radius 2 is 1.93 bits per heavy atom. The molecule has 0 fully saturated rings. The van der Waals surface area contributed by atoms with Gasteiger partial charge in [0.1, 0.15) is 15.7 Å². The summed E-state index contributed by atoms with van der Waals surface area (Å²) < 4.78 is 4.46. The van der Waals surface area contributed by atoms with Gasteiger partial charge in [-0.25, -0.2) is 4.68 Å². The first-order valence-corrected chi connectivity index (χ1v) is 9.57. The quantitative estimate of drug-likeness (QED) is 0.508. The highest BCUT2D eigenvalue weighted by Gasteiger charge is 2.21. The minimum atomic E-state index is -0.420. The molecule has 4 rings (SSSR count). The van der Waals surface area contributed by atoms with Gasteiger partial charge in [0.05, 0.1) is 26.6 Å². The van der Waals surface area contributed by atoms with Crippen LogP contribution in [0.5, 0.6) is 0 Å². The molecule has 0 aliphatic carbocycles. The third-order valence-corrected chi connectivity index (χ3v) is 6.34. The molecule has 0 atom stereocenters. The van der Waals surface area contributed by atoms with Crippen LogP contribution >= 0.6 is 34.5 Å². The lowest BCUT2D eigenvalue weighted by molar-refractivity contribution is 0.102. The van der Waals surface area contributed by atoms with Crippen molar-refractivity contribution in [2.75, 3.05) is 5.32 Å². The molecule has 0 unspecified atom stereocenters. The smallest absolute Gasteiger partial charge is 0.295 e. The van der Waals surface area contributed by atoms with Crippen molar-refractivity contribution >= 4 is 56.3 Å². The Balaban J connectivity index is 1.71. The Hall–Kier alpha value is -2.48. The Morgan fingerprint density at radius 3 is 2.59 bits per heavy atom. The zero-order valence-corrected chi connectivity index (χ0v) is 16.7. The van der Waals surface area contributed by atoms with E-state index in [4.69, 9.17) is 23.2 Å². The SMILES string of the molecule is Cc1c(NC(=O)c2cc3sc(Cl)c(Cl)c3[nH]2)c(=O)n(-c2ccccc2)n1C. The molecule has 27 heavy (non-hydrogen) atoms. The molecular formula is C18H14Cl2N4O2S. The van der Waals surface area contributed by atoms with Gasteiger partial charge >= 0.3 is 0 Å². The van der Waals surface area contributed by atoms with E-state index in [9.17, 15) is 9.59 Å². The van der Waals surface area contributed by atoms with Crippen LogP contribution in [0, 0.1) is 6.92 Å². The number of amides is 1. The topological polar surface area (TPSA) is 71.8 Å². The molecule has 0 saturated heterocycles. The number of thiophene rings is 1. The number of carbonyl (C=O) groups excluding carboxylic acids is 1. The Morgan fingerprint density at radius 1 is 1.22 bits per heavy atom. The zero-order valence-electron chi connectivity index (χ0n) is 14.3. The molecule has 0 aliphatic heterocycles. The monoisotopic (exact) mass is 420 g/mol. The highest BCUT2D eigenvalue weighted by Crippen LogP contribution is 2.38. The van der Waals surface area contributed by atoms with Gasteiger partial charge in [0.15, 0.2) is 0 Å². The molecule has 0 aliphatic rings. The number of fused-ring (bicyclic) bond motifs is 1. The summed E-state index contributed by atoms with van der Waals surface area (Å²) in [6, 6.07) is 10.9. The van der Waals surface area contributed by atoms with Gasteiger partial charge in [-0.05, 0) is 25.1 Å². The lowest BCUT2D eigenvalue weighted by Gasteiger charge is -2.07. The predicted molar refractivity (Wildman–Crippen MR) is 110 cm³/mol. The van der Waals surface area contributed by atoms with Gasteiger partial charge in [-0.15, -0.1) is 11.3 Å². The van der Waals surface area contributed by atoms with Crippen molar-refractivity contribution in [3.8, 4) is 5.69 Å². The number of rotatable bonds is 3. The molecule has 0 saturated carbocycles. The lowest BCUT2D eigenvalue weighted by Crippen LogP contribution is -2.23. The van der Waals surface area contributed by atoms with Gasteiger partial charge in [-0.2, -0.15) is 0 Å². The first kappa shape index (κ1) is 17.9. The molecule has 0 spiro atoms. The van der Waals surface area contributed by atoms with Gasteiger partial charge < -0.3 is 10.3 Å². The molecule has 3 heterocycles. The number of halogens is 2. The number of nitrogens with one attached hydrogen (secondary N) is 2. The second kappa shape index (κ2) is 6.60. The Labute approximate surface area is 167 Å². The fourth-order valence-electron chi connectivity index (χ4n) is 2.93. The van der Waals surface area contributed by atoms with Crippen LogP contribution in [0.3, 0.4) is 0 Å². The van der Waals surface area contributed by atoms with Crippen molar-refractivity contribution in [1.29, 1.82) is 0 Å². The molecule has 6 nitrogen and oxygen atoms in total. The van der Waals surface area contributed by atoms with E-state index >= 15 is 0 Å². The van der Waals surface area contributed by atoms with E-state index in [1.807, 2.05) is 30.3 Å². The van der Waals surface area contributed by atoms with Crippen LogP contribution in [0.15, 0.2) is 41.2 Å². The first-order valence-electron chi connectivity index (χ1n) is 8.00. The summed E-state index contributed by atoms with van der Waals surface area (Å²) >= 11 is 13.4. The molecule has 138 valence electrons. The number of carbonyl (C=O) groups is 1. The fourth-order valence-corrected chi connectivity index (χ4v) is 4.42. The maximum absolute atomic E-state index is 12.9. The van der Waals surface area contributed by atoms with Gasteiger partial charge in [0.25, 0.3) is 11.5 Å². The van der Waals surface area contributed by atoms with Crippen LogP contribution in [0.2, 0.25) is 9.36 Å². The van der Waals surface area contributed by atoms with Crippen molar-refractivity contribution in [2.45, 2.75) is 6.92 Å². The number of aromatic nitrogens is 3. The van der Waals surface area contributed by atoms with E-state index < -0.39 is 5.91 Å². The van der Waals surface area contributed by atoms with Crippen LogP contribution in [0.25, 0.3) is 15.9 Å². The number of hydrogen-bond acceptors (Lipinski definition) is 3. The maximum atomic E-state index is 12.9. The second-order valence-corrected chi connectivity index (χ2v) is 8.03. The number of anilines is 1. The average Bonchev–Trinajstić information content (AvgIpc) is 3.25. The van der Waals surface area contributed by atoms with Crippen molar-refractivity contribution in [3.05, 3.63) is 67.5 Å². The van der Waals surface area contributed by atoms with Crippen LogP contribution in [0.4, 0.5) is 5.69 Å². The van der Waals surface area contributed by atoms with E-state index in [1.54, 1.807) is 24.7 Å². The standard InChI is InChI=1S/C18H14Cl2N4O2S/c1-9-14(18(26)24(23(9)2)10-6-4-3-5-7-10)22-17(25)11-8-12-15(21-11)13(19)16(20)27-12/h3-8,21H,1-2H3,(H,22,25). The highest BCUT2D eigenvalue weighted by atomic mass is 35.5. The molecule has 0 radical (unpaired) electrons. The highest BCUT2D eigenvalue weighted by molar-refractivity contribution is 7.23. The van der Waals surface area contributed by atoms with Gasteiger partial charge in [0, 0.05) is 7.05 Å². The Kier molecular flexibility index (Phi) is 4.38. The van der Waals surface area contributed by atoms with E-state index in [-0.39, 0.29) is 11.2 Å². The van der Waals surface area contributed by atoms with Gasteiger partial charge in [-0.3, -0.25) is 14.3 Å². The summed E-state index contributed by atoms with van der Waals surface area (Å²) in [5.41, 5.74) is 2.21. The normalized spacial score (nSPS) is 11.3. The molecule has 1 aromatic carbocycles. The van der Waals surface area contributed by atoms with Crippen LogP contribution < -0.4 is 10.9 Å². The third-order valence-electron chi connectivity index (χ3n) is 4.41. The van der Waals surface area contributed by atoms with Crippen molar-refractivity contribution in [2.24, 2.45) is 7.05 Å². The minimum absolute atomic E-state index is 0.230. The maximum Gasteiger partial charge on any atom is 0.295 e. The summed E-state index contributed by atoms with van der Waals surface area (Å²) in [4.78, 5) is 28.5. The molecule has 9 heteroatoms. The average molecular weight is 421 g/mol. The summed E-state index contributed by atoms with van der Waals surface area (Å²) in [5, 5.41) is 3.10.